The summed E-state index contributed by atoms with van der Waals surface area (Å²) < 4.78 is 26.7. The van der Waals surface area contributed by atoms with Crippen molar-refractivity contribution >= 4 is 11.6 Å². The lowest BCUT2D eigenvalue weighted by atomic mass is 10.0. The molecule has 0 spiro atoms. The fourth-order valence-electron chi connectivity index (χ4n) is 2.34. The van der Waals surface area contributed by atoms with Crippen molar-refractivity contribution in [3.05, 3.63) is 88.3 Å². The van der Waals surface area contributed by atoms with Gasteiger partial charge in [0.05, 0.1) is 5.69 Å². The van der Waals surface area contributed by atoms with Crippen LogP contribution in [0.2, 0.25) is 0 Å². The summed E-state index contributed by atoms with van der Waals surface area (Å²) in [7, 11) is 0. The molecule has 6 heteroatoms. The van der Waals surface area contributed by atoms with Crippen LogP contribution in [0.3, 0.4) is 0 Å². The molecule has 0 atom stereocenters. The molecule has 1 heterocycles. The molecule has 2 aromatic carbocycles. The smallest absolute Gasteiger partial charge is 0.261 e. The fourth-order valence-corrected chi connectivity index (χ4v) is 2.34. The summed E-state index contributed by atoms with van der Waals surface area (Å²) >= 11 is 0. The van der Waals surface area contributed by atoms with Crippen molar-refractivity contribution in [1.29, 1.82) is 0 Å². The zero-order valence-corrected chi connectivity index (χ0v) is 12.3. The second kappa shape index (κ2) is 6.45. The Morgan fingerprint density at radius 2 is 1.75 bits per heavy atom. The van der Waals surface area contributed by atoms with E-state index in [9.17, 15) is 18.4 Å². The first-order chi connectivity index (χ1) is 11.6. The van der Waals surface area contributed by atoms with E-state index in [1.165, 1.54) is 6.20 Å². The number of nitrogens with one attached hydrogen (secondary N) is 2. The lowest BCUT2D eigenvalue weighted by Crippen LogP contribution is -2.24. The van der Waals surface area contributed by atoms with Gasteiger partial charge in [0.1, 0.15) is 17.2 Å². The average molecular weight is 326 g/mol. The minimum Gasteiger partial charge on any atom is -0.328 e. The molecule has 3 rings (SSSR count). The number of hydrogen-bond donors (Lipinski definition) is 2. The number of carbonyl (C=O) groups is 1. The van der Waals surface area contributed by atoms with E-state index >= 15 is 0 Å². The van der Waals surface area contributed by atoms with Gasteiger partial charge in [0, 0.05) is 17.8 Å². The largest absolute Gasteiger partial charge is 0.328 e. The first kappa shape index (κ1) is 15.6. The number of benzene rings is 2. The molecule has 0 fully saturated rings. The van der Waals surface area contributed by atoms with Crippen LogP contribution in [0.15, 0.2) is 65.6 Å². The molecule has 3 aromatic rings. The fraction of sp³-hybridized carbons (Fsp3) is 0. The van der Waals surface area contributed by atoms with Gasteiger partial charge in [-0.2, -0.15) is 0 Å². The van der Waals surface area contributed by atoms with Gasteiger partial charge in [-0.3, -0.25) is 9.59 Å². The van der Waals surface area contributed by atoms with Gasteiger partial charge >= 0.3 is 0 Å². The number of aromatic nitrogens is 1. The Morgan fingerprint density at radius 1 is 1.00 bits per heavy atom. The van der Waals surface area contributed by atoms with E-state index in [1.807, 2.05) is 6.07 Å². The second-order valence-corrected chi connectivity index (χ2v) is 5.04. The van der Waals surface area contributed by atoms with Gasteiger partial charge < -0.3 is 10.3 Å². The average Bonchev–Trinajstić information content (AvgIpc) is 2.58. The van der Waals surface area contributed by atoms with E-state index in [0.29, 0.717) is 17.2 Å². The van der Waals surface area contributed by atoms with Crippen molar-refractivity contribution < 1.29 is 13.6 Å². The number of carbonyl (C=O) groups excluding carboxylic acids is 1. The molecule has 2 N–H and O–H groups in total. The summed E-state index contributed by atoms with van der Waals surface area (Å²) in [5.74, 6) is -2.45. The summed E-state index contributed by atoms with van der Waals surface area (Å²) in [5, 5.41) is 2.30. The first-order valence-electron chi connectivity index (χ1n) is 7.10. The third kappa shape index (κ3) is 3.08. The van der Waals surface area contributed by atoms with E-state index in [-0.39, 0.29) is 11.3 Å². The molecule has 0 unspecified atom stereocenters. The predicted octanol–water partition coefficient (Wildman–Crippen LogP) is 3.57. The van der Waals surface area contributed by atoms with Gasteiger partial charge in [-0.1, -0.05) is 30.3 Å². The van der Waals surface area contributed by atoms with Crippen LogP contribution in [-0.2, 0) is 0 Å². The number of halogens is 2. The van der Waals surface area contributed by atoms with Crippen LogP contribution in [0.5, 0.6) is 0 Å². The Kier molecular flexibility index (Phi) is 4.20. The van der Waals surface area contributed by atoms with Crippen molar-refractivity contribution in [3.63, 3.8) is 0 Å². The number of hydrogen-bond acceptors (Lipinski definition) is 2. The molecule has 0 aliphatic rings. The quantitative estimate of drug-likeness (QED) is 0.773. The van der Waals surface area contributed by atoms with Crippen LogP contribution >= 0.6 is 0 Å². The number of amides is 1. The second-order valence-electron chi connectivity index (χ2n) is 5.04. The standard InChI is InChI=1S/C18H12F2N2O2/c19-12-6-7-15(14(20)10-12)22-18(24)16-13(8-9-21-17(16)23)11-4-2-1-3-5-11/h1-10H,(H,21,23)(H,22,24). The van der Waals surface area contributed by atoms with Gasteiger partial charge in [0.15, 0.2) is 0 Å². The first-order valence-corrected chi connectivity index (χ1v) is 7.10. The van der Waals surface area contributed by atoms with Gasteiger partial charge in [-0.15, -0.1) is 0 Å². The van der Waals surface area contributed by atoms with Crippen molar-refractivity contribution in [1.82, 2.24) is 4.98 Å². The number of anilines is 1. The van der Waals surface area contributed by atoms with Crippen LogP contribution in [0.4, 0.5) is 14.5 Å². The third-order valence-corrected chi connectivity index (χ3v) is 3.45. The van der Waals surface area contributed by atoms with E-state index in [4.69, 9.17) is 0 Å². The Hall–Kier alpha value is -3.28. The van der Waals surface area contributed by atoms with Crippen LogP contribution in [0.25, 0.3) is 11.1 Å². The number of pyridine rings is 1. The molecule has 0 aliphatic heterocycles. The van der Waals surface area contributed by atoms with E-state index in [2.05, 4.69) is 10.3 Å². The lowest BCUT2D eigenvalue weighted by molar-refractivity contribution is 0.102. The monoisotopic (exact) mass is 326 g/mol. The van der Waals surface area contributed by atoms with Crippen molar-refractivity contribution in [2.24, 2.45) is 0 Å². The van der Waals surface area contributed by atoms with E-state index in [0.717, 1.165) is 12.1 Å². The molecule has 4 nitrogen and oxygen atoms in total. The summed E-state index contributed by atoms with van der Waals surface area (Å²) in [6, 6.07) is 13.2. The van der Waals surface area contributed by atoms with Crippen LogP contribution in [0.1, 0.15) is 10.4 Å². The van der Waals surface area contributed by atoms with Gasteiger partial charge in [-0.25, -0.2) is 8.78 Å². The maximum absolute atomic E-state index is 13.7. The van der Waals surface area contributed by atoms with Crippen molar-refractivity contribution in [2.75, 3.05) is 5.32 Å². The predicted molar refractivity (Wildman–Crippen MR) is 86.8 cm³/mol. The molecule has 0 radical (unpaired) electrons. The molecule has 0 saturated carbocycles. The minimum atomic E-state index is -0.919. The highest BCUT2D eigenvalue weighted by Gasteiger charge is 2.18. The molecule has 1 amide bonds. The van der Waals surface area contributed by atoms with Gasteiger partial charge in [0.2, 0.25) is 0 Å². The number of H-pyrrole nitrogens is 1. The van der Waals surface area contributed by atoms with Crippen LogP contribution in [-0.4, -0.2) is 10.9 Å². The Labute approximate surface area is 135 Å². The molecular formula is C18H12F2N2O2. The van der Waals surface area contributed by atoms with Gasteiger partial charge in [0.25, 0.3) is 11.5 Å². The normalized spacial score (nSPS) is 10.4. The molecule has 24 heavy (non-hydrogen) atoms. The lowest BCUT2D eigenvalue weighted by Gasteiger charge is -2.10. The molecular weight excluding hydrogens is 314 g/mol. The van der Waals surface area contributed by atoms with Gasteiger partial charge in [-0.05, 0) is 23.8 Å². The minimum absolute atomic E-state index is 0.146. The Morgan fingerprint density at radius 3 is 2.46 bits per heavy atom. The third-order valence-electron chi connectivity index (χ3n) is 3.45. The topological polar surface area (TPSA) is 62.0 Å². The van der Waals surface area contributed by atoms with Crippen molar-refractivity contribution in [2.45, 2.75) is 0 Å². The number of aromatic amines is 1. The van der Waals surface area contributed by atoms with E-state index in [1.54, 1.807) is 30.3 Å². The maximum atomic E-state index is 13.7. The van der Waals surface area contributed by atoms with Crippen molar-refractivity contribution in [3.8, 4) is 11.1 Å². The molecule has 0 bridgehead atoms. The van der Waals surface area contributed by atoms with Crippen LogP contribution in [0, 0.1) is 11.6 Å². The summed E-state index contributed by atoms with van der Waals surface area (Å²) in [5.41, 5.74) is 0.139. The molecule has 0 aliphatic carbocycles. The van der Waals surface area contributed by atoms with E-state index < -0.39 is 23.1 Å². The highest BCUT2D eigenvalue weighted by Crippen LogP contribution is 2.22. The zero-order valence-electron chi connectivity index (χ0n) is 12.3. The highest BCUT2D eigenvalue weighted by atomic mass is 19.1. The summed E-state index contributed by atoms with van der Waals surface area (Å²) in [6.07, 6.45) is 1.43. The SMILES string of the molecule is O=C(Nc1ccc(F)cc1F)c1c(-c2ccccc2)cc[nH]c1=O. The highest BCUT2D eigenvalue weighted by molar-refractivity contribution is 6.08. The molecule has 0 saturated heterocycles. The van der Waals surface area contributed by atoms with Crippen LogP contribution < -0.4 is 10.9 Å². The summed E-state index contributed by atoms with van der Waals surface area (Å²) in [6.45, 7) is 0. The maximum Gasteiger partial charge on any atom is 0.261 e. The molecule has 120 valence electrons. The number of rotatable bonds is 3. The Balaban J connectivity index is 2.03. The summed E-state index contributed by atoms with van der Waals surface area (Å²) in [4.78, 5) is 27.0. The Bertz CT molecular complexity index is 953. The molecule has 1 aromatic heterocycles. The zero-order chi connectivity index (χ0) is 17.1.